The van der Waals surface area contributed by atoms with Crippen LogP contribution in [0.1, 0.15) is 17.3 Å². The van der Waals surface area contributed by atoms with Gasteiger partial charge in [-0.15, -0.1) is 0 Å². The Hall–Kier alpha value is -5.76. The van der Waals surface area contributed by atoms with Crippen LogP contribution in [0.5, 0.6) is 0 Å². The van der Waals surface area contributed by atoms with Crippen molar-refractivity contribution in [3.63, 3.8) is 0 Å². The number of aromatic nitrogens is 5. The monoisotopic (exact) mass is 518 g/mol. The molecule has 11 heteroatoms. The first-order chi connectivity index (χ1) is 18.9. The van der Waals surface area contributed by atoms with Crippen LogP contribution < -0.4 is 21.6 Å². The van der Waals surface area contributed by atoms with Gasteiger partial charge in [-0.05, 0) is 67.4 Å². The number of carbonyl (C=O) groups excluding carboxylic acids is 2. The number of benzene rings is 2. The maximum absolute atomic E-state index is 13.8. The summed E-state index contributed by atoms with van der Waals surface area (Å²) in [6.45, 7) is 1.58. The Kier molecular flexibility index (Phi) is 6.59. The molecule has 0 radical (unpaired) electrons. The summed E-state index contributed by atoms with van der Waals surface area (Å²) in [5, 5.41) is 2.72. The Labute approximate surface area is 222 Å². The highest BCUT2D eigenvalue weighted by Crippen LogP contribution is 2.25. The van der Waals surface area contributed by atoms with Gasteiger partial charge >= 0.3 is 11.6 Å². The lowest BCUT2D eigenvalue weighted by Gasteiger charge is -2.15. The van der Waals surface area contributed by atoms with Gasteiger partial charge in [0.05, 0.1) is 11.4 Å². The molecular weight excluding hydrogens is 496 g/mol. The minimum absolute atomic E-state index is 0.106. The van der Waals surface area contributed by atoms with Crippen molar-refractivity contribution in [2.45, 2.75) is 6.92 Å². The molecule has 0 bridgehead atoms. The average Bonchev–Trinajstić information content (AvgIpc) is 3.26. The van der Waals surface area contributed by atoms with Crippen molar-refractivity contribution in [2.75, 3.05) is 23.0 Å². The van der Waals surface area contributed by atoms with Gasteiger partial charge in [-0.1, -0.05) is 18.1 Å². The fraction of sp³-hybridized carbons (Fsp3) is 0.0714. The van der Waals surface area contributed by atoms with Crippen molar-refractivity contribution in [1.82, 2.24) is 24.1 Å². The molecular formula is C28H22N8O3. The van der Waals surface area contributed by atoms with Crippen molar-refractivity contribution in [3.05, 3.63) is 95.3 Å². The van der Waals surface area contributed by atoms with E-state index in [1.54, 1.807) is 86.9 Å². The summed E-state index contributed by atoms with van der Waals surface area (Å²) in [5.41, 5.74) is 8.18. The van der Waals surface area contributed by atoms with Crippen molar-refractivity contribution >= 4 is 40.3 Å². The lowest BCUT2D eigenvalue weighted by atomic mass is 10.2. The molecule has 0 fully saturated rings. The Morgan fingerprint density at radius 3 is 2.46 bits per heavy atom. The molecule has 0 aliphatic rings. The van der Waals surface area contributed by atoms with Crippen molar-refractivity contribution in [3.8, 4) is 23.2 Å². The second-order valence-corrected chi connectivity index (χ2v) is 8.36. The van der Waals surface area contributed by atoms with Crippen LogP contribution in [-0.2, 0) is 4.79 Å². The Morgan fingerprint density at radius 2 is 1.74 bits per heavy atom. The van der Waals surface area contributed by atoms with Gasteiger partial charge in [-0.2, -0.15) is 0 Å². The molecule has 0 spiro atoms. The van der Waals surface area contributed by atoms with Crippen LogP contribution in [-0.4, -0.2) is 42.9 Å². The van der Waals surface area contributed by atoms with Crippen molar-refractivity contribution in [1.29, 1.82) is 0 Å². The first-order valence-electron chi connectivity index (χ1n) is 11.8. The highest BCUT2D eigenvalue weighted by molar-refractivity contribution is 6.05. The average molecular weight is 519 g/mol. The molecule has 3 aromatic heterocycles. The summed E-state index contributed by atoms with van der Waals surface area (Å²) >= 11 is 0. The van der Waals surface area contributed by atoms with Crippen LogP contribution >= 0.6 is 0 Å². The summed E-state index contributed by atoms with van der Waals surface area (Å²) in [6.07, 6.45) is 2.86. The highest BCUT2D eigenvalue weighted by atomic mass is 16.2. The van der Waals surface area contributed by atoms with Crippen LogP contribution in [0.2, 0.25) is 0 Å². The summed E-state index contributed by atoms with van der Waals surface area (Å²) in [6, 6.07) is 18.5. The number of pyridine rings is 1. The zero-order valence-corrected chi connectivity index (χ0v) is 21.0. The van der Waals surface area contributed by atoms with E-state index in [-0.39, 0.29) is 23.3 Å². The fourth-order valence-corrected chi connectivity index (χ4v) is 4.06. The standard InChI is InChI=1S/C28H22N8O3/c1-3-7-23(37)34(2)20-8-6-9-21(16-20)36-26-24(25(29)31-17-32-26)35(28(36)39)19-13-11-18(12-14-19)27(38)33-22-10-4-5-15-30-22/h4-6,8-17H,1-2H3,(H2,29,31,32)(H,30,33,38). The summed E-state index contributed by atoms with van der Waals surface area (Å²) in [4.78, 5) is 52.7. The number of nitrogen functional groups attached to an aromatic ring is 1. The topological polar surface area (TPSA) is 141 Å². The lowest BCUT2D eigenvalue weighted by Crippen LogP contribution is -2.25. The Balaban J connectivity index is 1.58. The van der Waals surface area contributed by atoms with E-state index < -0.39 is 5.69 Å². The number of amides is 2. The van der Waals surface area contributed by atoms with E-state index >= 15 is 0 Å². The van der Waals surface area contributed by atoms with E-state index in [0.717, 1.165) is 0 Å². The number of imidazole rings is 1. The molecule has 11 nitrogen and oxygen atoms in total. The van der Waals surface area contributed by atoms with Gasteiger partial charge in [-0.25, -0.2) is 24.3 Å². The molecule has 0 aliphatic carbocycles. The zero-order chi connectivity index (χ0) is 27.5. The Morgan fingerprint density at radius 1 is 0.949 bits per heavy atom. The minimum Gasteiger partial charge on any atom is -0.382 e. The number of carbonyl (C=O) groups is 2. The van der Waals surface area contributed by atoms with Gasteiger partial charge < -0.3 is 16.0 Å². The maximum Gasteiger partial charge on any atom is 0.339 e. The third-order valence-electron chi connectivity index (χ3n) is 5.96. The summed E-state index contributed by atoms with van der Waals surface area (Å²) in [7, 11) is 1.60. The summed E-state index contributed by atoms with van der Waals surface area (Å²) < 4.78 is 2.78. The first kappa shape index (κ1) is 24.9. The number of rotatable bonds is 5. The van der Waals surface area contributed by atoms with Gasteiger partial charge in [0.25, 0.3) is 5.91 Å². The largest absolute Gasteiger partial charge is 0.382 e. The number of nitrogens with one attached hydrogen (secondary N) is 1. The minimum atomic E-state index is -0.456. The molecule has 5 aromatic rings. The molecule has 192 valence electrons. The van der Waals surface area contributed by atoms with Gasteiger partial charge in [0.2, 0.25) is 0 Å². The van der Waals surface area contributed by atoms with E-state index in [1.165, 1.54) is 20.4 Å². The number of hydrogen-bond acceptors (Lipinski definition) is 7. The van der Waals surface area contributed by atoms with E-state index in [1.807, 2.05) is 0 Å². The van der Waals surface area contributed by atoms with E-state index in [4.69, 9.17) is 5.73 Å². The lowest BCUT2D eigenvalue weighted by molar-refractivity contribution is -0.113. The third-order valence-corrected chi connectivity index (χ3v) is 5.96. The van der Waals surface area contributed by atoms with Crippen molar-refractivity contribution in [2.24, 2.45) is 0 Å². The molecule has 3 N–H and O–H groups in total. The summed E-state index contributed by atoms with van der Waals surface area (Å²) in [5.74, 6) is 4.88. The van der Waals surface area contributed by atoms with E-state index in [0.29, 0.717) is 34.0 Å². The van der Waals surface area contributed by atoms with E-state index in [2.05, 4.69) is 32.1 Å². The molecule has 3 heterocycles. The van der Waals surface area contributed by atoms with Gasteiger partial charge in [0.15, 0.2) is 11.5 Å². The number of nitrogens with two attached hydrogens (primary N) is 1. The fourth-order valence-electron chi connectivity index (χ4n) is 4.06. The number of anilines is 3. The molecule has 2 amide bonds. The van der Waals surface area contributed by atoms with Gasteiger partial charge in [0.1, 0.15) is 17.7 Å². The predicted molar refractivity (Wildman–Crippen MR) is 148 cm³/mol. The number of nitrogens with zero attached hydrogens (tertiary/aromatic N) is 6. The van der Waals surface area contributed by atoms with Crippen LogP contribution in [0.25, 0.3) is 22.5 Å². The molecule has 5 rings (SSSR count). The van der Waals surface area contributed by atoms with Crippen molar-refractivity contribution < 1.29 is 9.59 Å². The van der Waals surface area contributed by atoms with Crippen LogP contribution in [0.15, 0.2) is 84.0 Å². The second kappa shape index (κ2) is 10.3. The number of hydrogen-bond donors (Lipinski definition) is 2. The normalized spacial score (nSPS) is 10.5. The second-order valence-electron chi connectivity index (χ2n) is 8.36. The Bertz CT molecular complexity index is 1830. The molecule has 0 unspecified atom stereocenters. The van der Waals surface area contributed by atoms with Gasteiger partial charge in [0, 0.05) is 24.5 Å². The first-order valence-corrected chi connectivity index (χ1v) is 11.8. The smallest absolute Gasteiger partial charge is 0.339 e. The van der Waals surface area contributed by atoms with Crippen LogP contribution in [0.4, 0.5) is 17.3 Å². The zero-order valence-electron chi connectivity index (χ0n) is 21.0. The third kappa shape index (κ3) is 4.70. The van der Waals surface area contributed by atoms with Gasteiger partial charge in [-0.3, -0.25) is 14.2 Å². The number of fused-ring (bicyclic) bond motifs is 1. The predicted octanol–water partition coefficient (Wildman–Crippen LogP) is 2.79. The SMILES string of the molecule is CC#CC(=O)N(C)c1cccc(-n2c(=O)n(-c3ccc(C(=O)Nc4ccccn4)cc3)c3c(N)ncnc32)c1. The molecule has 0 aliphatic heterocycles. The quantitative estimate of drug-likeness (QED) is 0.341. The molecule has 0 saturated heterocycles. The molecule has 39 heavy (non-hydrogen) atoms. The molecule has 0 atom stereocenters. The van der Waals surface area contributed by atoms with Crippen LogP contribution in [0.3, 0.4) is 0 Å². The maximum atomic E-state index is 13.8. The molecule has 2 aromatic carbocycles. The van der Waals surface area contributed by atoms with Crippen LogP contribution in [0, 0.1) is 11.8 Å². The van der Waals surface area contributed by atoms with E-state index in [9.17, 15) is 14.4 Å². The highest BCUT2D eigenvalue weighted by Gasteiger charge is 2.21. The molecule has 0 saturated carbocycles.